The largest absolute Gasteiger partial charge is 0.482 e. The molecule has 1 aliphatic rings. The van der Waals surface area contributed by atoms with E-state index in [1.807, 2.05) is 30.3 Å². The van der Waals surface area contributed by atoms with Gasteiger partial charge in [-0.15, -0.1) is 0 Å². The van der Waals surface area contributed by atoms with Crippen molar-refractivity contribution in [2.24, 2.45) is 0 Å². The summed E-state index contributed by atoms with van der Waals surface area (Å²) in [7, 11) is 0. The topological polar surface area (TPSA) is 87.7 Å². The van der Waals surface area contributed by atoms with Crippen molar-refractivity contribution in [2.45, 2.75) is 0 Å². The zero-order chi connectivity index (χ0) is 19.5. The van der Waals surface area contributed by atoms with Crippen molar-refractivity contribution in [3.8, 4) is 5.75 Å². The molecule has 7 nitrogen and oxygen atoms in total. The number of hydrogen-bond acceptors (Lipinski definition) is 4. The minimum atomic E-state index is -0.515. The number of carbonyl (C=O) groups is 3. The first-order valence-corrected chi connectivity index (χ1v) is 8.72. The molecule has 7 heteroatoms. The number of rotatable bonds is 3. The van der Waals surface area contributed by atoms with Gasteiger partial charge in [-0.2, -0.15) is 0 Å². The van der Waals surface area contributed by atoms with Crippen molar-refractivity contribution in [1.82, 2.24) is 10.9 Å². The van der Waals surface area contributed by atoms with Crippen LogP contribution in [-0.2, 0) is 9.59 Å². The van der Waals surface area contributed by atoms with Crippen molar-refractivity contribution in [3.63, 3.8) is 0 Å². The molecule has 1 heterocycles. The van der Waals surface area contributed by atoms with Crippen molar-refractivity contribution >= 4 is 34.2 Å². The van der Waals surface area contributed by atoms with E-state index in [2.05, 4.69) is 10.9 Å². The average molecular weight is 375 g/mol. The third-order valence-corrected chi connectivity index (χ3v) is 4.44. The maximum Gasteiger partial charge on any atom is 0.269 e. The summed E-state index contributed by atoms with van der Waals surface area (Å²) in [4.78, 5) is 38.0. The van der Waals surface area contributed by atoms with E-state index in [0.717, 1.165) is 10.8 Å². The van der Waals surface area contributed by atoms with Crippen molar-refractivity contribution in [1.29, 1.82) is 0 Å². The van der Waals surface area contributed by atoms with Crippen LogP contribution in [-0.4, -0.2) is 30.9 Å². The summed E-state index contributed by atoms with van der Waals surface area (Å²) in [6.45, 7) is -0.356. The van der Waals surface area contributed by atoms with Gasteiger partial charge in [0.25, 0.3) is 17.7 Å². The van der Waals surface area contributed by atoms with Gasteiger partial charge in [0.05, 0.1) is 5.69 Å². The van der Waals surface area contributed by atoms with Gasteiger partial charge in [-0.25, -0.2) is 0 Å². The molecule has 0 saturated heterocycles. The quantitative estimate of drug-likeness (QED) is 0.686. The van der Waals surface area contributed by atoms with Gasteiger partial charge in [0.15, 0.2) is 6.61 Å². The number of carbonyl (C=O) groups excluding carboxylic acids is 3. The average Bonchev–Trinajstić information content (AvgIpc) is 2.73. The molecule has 1 aliphatic heterocycles. The molecule has 0 radical (unpaired) electrons. The van der Waals surface area contributed by atoms with Gasteiger partial charge in [0, 0.05) is 5.56 Å². The van der Waals surface area contributed by atoms with Crippen LogP contribution in [0.4, 0.5) is 5.69 Å². The number of benzene rings is 3. The molecule has 2 N–H and O–H groups in total. The van der Waals surface area contributed by atoms with E-state index >= 15 is 0 Å². The molecule has 4 rings (SSSR count). The summed E-state index contributed by atoms with van der Waals surface area (Å²) in [6, 6.07) is 19.9. The Labute approximate surface area is 160 Å². The van der Waals surface area contributed by atoms with Gasteiger partial charge in [-0.05, 0) is 35.0 Å². The highest BCUT2D eigenvalue weighted by molar-refractivity contribution is 6.03. The van der Waals surface area contributed by atoms with E-state index in [9.17, 15) is 14.4 Å². The molecule has 0 unspecified atom stereocenters. The Kier molecular flexibility index (Phi) is 4.63. The van der Waals surface area contributed by atoms with E-state index < -0.39 is 11.8 Å². The molecule has 0 saturated carbocycles. The molecule has 28 heavy (non-hydrogen) atoms. The summed E-state index contributed by atoms with van der Waals surface area (Å²) in [5.41, 5.74) is 5.68. The number of fused-ring (bicyclic) bond motifs is 2. The summed E-state index contributed by atoms with van der Waals surface area (Å²) in [5.74, 6) is -0.739. The van der Waals surface area contributed by atoms with Crippen LogP contribution in [0.5, 0.6) is 5.75 Å². The van der Waals surface area contributed by atoms with Crippen LogP contribution in [0, 0.1) is 0 Å². The van der Waals surface area contributed by atoms with Gasteiger partial charge in [0.1, 0.15) is 12.3 Å². The smallest absolute Gasteiger partial charge is 0.269 e. The monoisotopic (exact) mass is 375 g/mol. The number of anilines is 1. The van der Waals surface area contributed by atoms with Crippen LogP contribution >= 0.6 is 0 Å². The predicted molar refractivity (Wildman–Crippen MR) is 104 cm³/mol. The lowest BCUT2D eigenvalue weighted by molar-refractivity contribution is -0.125. The highest BCUT2D eigenvalue weighted by atomic mass is 16.5. The molecule has 0 aliphatic carbocycles. The molecular weight excluding hydrogens is 358 g/mol. The fourth-order valence-corrected chi connectivity index (χ4v) is 3.04. The van der Waals surface area contributed by atoms with Gasteiger partial charge < -0.3 is 4.74 Å². The van der Waals surface area contributed by atoms with E-state index in [1.54, 1.807) is 36.4 Å². The summed E-state index contributed by atoms with van der Waals surface area (Å²) in [6.07, 6.45) is 0. The normalized spacial score (nSPS) is 12.9. The summed E-state index contributed by atoms with van der Waals surface area (Å²) in [5, 5.41) is 1.95. The minimum Gasteiger partial charge on any atom is -0.482 e. The Morgan fingerprint density at radius 2 is 1.68 bits per heavy atom. The Bertz CT molecular complexity index is 1080. The van der Waals surface area contributed by atoms with Crippen molar-refractivity contribution in [3.05, 3.63) is 72.3 Å². The molecule has 0 fully saturated rings. The molecule has 140 valence electrons. The number of hydrogen-bond donors (Lipinski definition) is 2. The highest BCUT2D eigenvalue weighted by Crippen LogP contribution is 2.31. The number of nitrogens with zero attached hydrogens (tertiary/aromatic N) is 1. The number of amides is 3. The van der Waals surface area contributed by atoms with Gasteiger partial charge >= 0.3 is 0 Å². The Balaban J connectivity index is 1.40. The van der Waals surface area contributed by atoms with Crippen LogP contribution in [0.3, 0.4) is 0 Å². The van der Waals surface area contributed by atoms with E-state index in [-0.39, 0.29) is 19.1 Å². The fourth-order valence-electron chi connectivity index (χ4n) is 3.04. The number of hydrazine groups is 1. The van der Waals surface area contributed by atoms with E-state index in [1.165, 1.54) is 4.90 Å². The standard InChI is InChI=1S/C21H17N3O4/c25-19(12-24-17-7-3-4-8-18(17)28-13-20(24)26)22-23-21(27)16-10-9-14-5-1-2-6-15(14)11-16/h1-11H,12-13H2,(H,22,25)(H,23,27). The molecule has 3 aromatic carbocycles. The Morgan fingerprint density at radius 3 is 2.54 bits per heavy atom. The predicted octanol–water partition coefficient (Wildman–Crippen LogP) is 2.03. The zero-order valence-corrected chi connectivity index (χ0v) is 14.8. The maximum absolute atomic E-state index is 12.3. The lowest BCUT2D eigenvalue weighted by Gasteiger charge is -2.28. The molecule has 0 spiro atoms. The van der Waals surface area contributed by atoms with E-state index in [0.29, 0.717) is 17.0 Å². The maximum atomic E-state index is 12.3. The van der Waals surface area contributed by atoms with Crippen LogP contribution < -0.4 is 20.5 Å². The van der Waals surface area contributed by atoms with Crippen LogP contribution in [0.1, 0.15) is 10.4 Å². The molecule has 0 aromatic heterocycles. The minimum absolute atomic E-state index is 0.131. The van der Waals surface area contributed by atoms with E-state index in [4.69, 9.17) is 4.74 Å². The summed E-state index contributed by atoms with van der Waals surface area (Å²) >= 11 is 0. The van der Waals surface area contributed by atoms with Crippen LogP contribution in [0.25, 0.3) is 10.8 Å². The highest BCUT2D eigenvalue weighted by Gasteiger charge is 2.27. The second kappa shape index (κ2) is 7.40. The van der Waals surface area contributed by atoms with Crippen LogP contribution in [0.2, 0.25) is 0 Å². The van der Waals surface area contributed by atoms with Gasteiger partial charge in [-0.1, -0.05) is 42.5 Å². The number of ether oxygens (including phenoxy) is 1. The fraction of sp³-hybridized carbons (Fsp3) is 0.0952. The SMILES string of the molecule is O=C(CN1C(=O)COc2ccccc21)NNC(=O)c1ccc2ccccc2c1. The Hall–Kier alpha value is -3.87. The third-order valence-electron chi connectivity index (χ3n) is 4.44. The molecule has 0 atom stereocenters. The molecule has 0 bridgehead atoms. The first-order chi connectivity index (χ1) is 13.6. The second-order valence-electron chi connectivity index (χ2n) is 6.30. The first-order valence-electron chi connectivity index (χ1n) is 8.72. The molecule has 3 aromatic rings. The summed E-state index contributed by atoms with van der Waals surface area (Å²) < 4.78 is 5.35. The van der Waals surface area contributed by atoms with Crippen LogP contribution in [0.15, 0.2) is 66.7 Å². The van der Waals surface area contributed by atoms with Gasteiger partial charge in [0.2, 0.25) is 0 Å². The Morgan fingerprint density at radius 1 is 0.929 bits per heavy atom. The molecule has 3 amide bonds. The number of nitrogens with one attached hydrogen (secondary N) is 2. The zero-order valence-electron chi connectivity index (χ0n) is 14.8. The lowest BCUT2D eigenvalue weighted by Crippen LogP contribution is -2.49. The first kappa shape index (κ1) is 17.5. The lowest BCUT2D eigenvalue weighted by atomic mass is 10.1. The van der Waals surface area contributed by atoms with Crippen molar-refractivity contribution < 1.29 is 19.1 Å². The van der Waals surface area contributed by atoms with Crippen molar-refractivity contribution in [2.75, 3.05) is 18.1 Å². The molecular formula is C21H17N3O4. The number of para-hydroxylation sites is 2. The van der Waals surface area contributed by atoms with Gasteiger partial charge in [-0.3, -0.25) is 30.1 Å². The third kappa shape index (κ3) is 3.50. The second-order valence-corrected chi connectivity index (χ2v) is 6.30.